The average Bonchev–Trinajstić information content (AvgIpc) is 3.29. The number of carbonyl (C=O) groups is 3. The summed E-state index contributed by atoms with van der Waals surface area (Å²) >= 11 is 0.969. The van der Waals surface area contributed by atoms with Crippen LogP contribution in [-0.4, -0.2) is 81.7 Å². The summed E-state index contributed by atoms with van der Waals surface area (Å²) in [6, 6.07) is 4.79. The Balaban J connectivity index is 1.78. The van der Waals surface area contributed by atoms with Gasteiger partial charge in [-0.25, -0.2) is 4.98 Å². The van der Waals surface area contributed by atoms with E-state index in [-0.39, 0.29) is 23.3 Å². The fourth-order valence-corrected chi connectivity index (χ4v) is 4.39. The number of nitrogens with one attached hydrogen (secondary N) is 2. The minimum atomic E-state index is -5.01. The number of oxime groups is 1. The lowest BCUT2D eigenvalue weighted by molar-refractivity contribution is -0.218. The molecule has 216 valence electrons. The molecule has 8 N–H and O–H groups in total. The molecule has 1 aromatic carbocycles. The number of carboxylic acids is 1. The van der Waals surface area contributed by atoms with Crippen LogP contribution >= 0.6 is 11.3 Å². The summed E-state index contributed by atoms with van der Waals surface area (Å²) in [6.07, 6.45) is -1.76. The SMILES string of the molecule is CC1(C)[C@H](NC(=O)C(=NOC(COc2ccc(C(=N)N)cc2)CC(=O)O)c2csc(N)n2)C(=O)N1OS(=O)(=O)O. The third-order valence-corrected chi connectivity index (χ3v) is 6.41. The molecule has 40 heavy (non-hydrogen) atoms. The maximum absolute atomic E-state index is 13.1. The van der Waals surface area contributed by atoms with E-state index < -0.39 is 58.0 Å². The van der Waals surface area contributed by atoms with E-state index in [1.54, 1.807) is 0 Å². The van der Waals surface area contributed by atoms with Crippen LogP contribution in [0.15, 0.2) is 34.8 Å². The molecule has 2 amide bonds. The summed E-state index contributed by atoms with van der Waals surface area (Å²) < 4.78 is 40.8. The van der Waals surface area contributed by atoms with Gasteiger partial charge in [0.05, 0.1) is 12.0 Å². The molecule has 0 spiro atoms. The molecule has 19 heteroatoms. The second-order valence-corrected chi connectivity index (χ2v) is 10.7. The molecule has 2 heterocycles. The minimum Gasteiger partial charge on any atom is -0.490 e. The van der Waals surface area contributed by atoms with Gasteiger partial charge in [0.1, 0.15) is 29.9 Å². The third-order valence-electron chi connectivity index (χ3n) is 5.40. The van der Waals surface area contributed by atoms with E-state index in [0.717, 1.165) is 11.3 Å². The molecule has 0 radical (unpaired) electrons. The molecular formula is C21H25N7O10S2. The second kappa shape index (κ2) is 11.8. The number of benzene rings is 1. The number of rotatable bonds is 13. The van der Waals surface area contributed by atoms with Gasteiger partial charge in [0, 0.05) is 10.9 Å². The number of hydrogen-bond acceptors (Lipinski definition) is 13. The number of nitrogen functional groups attached to an aromatic ring is 2. The van der Waals surface area contributed by atoms with Crippen LogP contribution in [0.2, 0.25) is 0 Å². The Morgan fingerprint density at radius 2 is 1.98 bits per heavy atom. The third kappa shape index (κ3) is 7.40. The largest absolute Gasteiger partial charge is 0.490 e. The number of aromatic nitrogens is 1. The van der Waals surface area contributed by atoms with Gasteiger partial charge in [-0.3, -0.25) is 24.3 Å². The quantitative estimate of drug-likeness (QED) is 0.0557. The number of carboxylic acid groups (broad SMARTS) is 1. The van der Waals surface area contributed by atoms with Gasteiger partial charge in [0.15, 0.2) is 16.9 Å². The van der Waals surface area contributed by atoms with Crippen molar-refractivity contribution >= 4 is 56.2 Å². The number of ether oxygens (including phenoxy) is 1. The first-order chi connectivity index (χ1) is 18.6. The Bertz CT molecular complexity index is 1440. The lowest BCUT2D eigenvalue weighted by Gasteiger charge is -2.50. The second-order valence-electron chi connectivity index (χ2n) is 8.78. The number of amides is 2. The van der Waals surface area contributed by atoms with E-state index in [9.17, 15) is 27.9 Å². The van der Waals surface area contributed by atoms with E-state index in [0.29, 0.717) is 16.4 Å². The number of amidine groups is 1. The van der Waals surface area contributed by atoms with Crippen molar-refractivity contribution in [3.05, 3.63) is 40.9 Å². The van der Waals surface area contributed by atoms with E-state index in [1.165, 1.54) is 43.5 Å². The standard InChI is InChI=1S/C21H25N7O10S2/c1-21(2)16(19(32)28(21)38-40(33,34)35)26-18(31)15(13-9-39-20(24)25-13)27-37-12(7-14(29)30)8-36-11-5-3-10(4-6-11)17(22)23/h3-6,9,12,16H,7-8H2,1-2H3,(H3,22,23)(H2,24,25)(H,26,31)(H,29,30)(H,33,34,35)/t12?,16-/m1/s1. The molecule has 2 atom stereocenters. The molecule has 1 aliphatic rings. The summed E-state index contributed by atoms with van der Waals surface area (Å²) in [5.41, 5.74) is 9.61. The van der Waals surface area contributed by atoms with Crippen LogP contribution in [-0.2, 0) is 33.9 Å². The summed E-state index contributed by atoms with van der Waals surface area (Å²) in [5, 5.41) is 24.7. The molecule has 1 aliphatic heterocycles. The fraction of sp³-hybridized carbons (Fsp3) is 0.333. The Morgan fingerprint density at radius 3 is 2.48 bits per heavy atom. The number of nitrogens with two attached hydrogens (primary N) is 2. The van der Waals surface area contributed by atoms with Crippen LogP contribution in [0, 0.1) is 5.41 Å². The van der Waals surface area contributed by atoms with Gasteiger partial charge in [-0.1, -0.05) is 5.16 Å². The summed E-state index contributed by atoms with van der Waals surface area (Å²) in [5.74, 6) is -3.05. The van der Waals surface area contributed by atoms with Gasteiger partial charge in [-0.05, 0) is 38.1 Å². The molecule has 0 saturated carbocycles. The van der Waals surface area contributed by atoms with Crippen molar-refractivity contribution in [2.45, 2.75) is 38.0 Å². The van der Waals surface area contributed by atoms with Crippen LogP contribution < -0.4 is 21.5 Å². The highest BCUT2D eigenvalue weighted by molar-refractivity contribution is 7.80. The van der Waals surface area contributed by atoms with Crippen molar-refractivity contribution in [3.63, 3.8) is 0 Å². The number of β-lactam (4-membered cyclic amide) rings is 1. The number of thiazole rings is 1. The number of hydroxylamine groups is 2. The first-order valence-electron chi connectivity index (χ1n) is 11.1. The zero-order valence-corrected chi connectivity index (χ0v) is 22.6. The number of hydrogen-bond donors (Lipinski definition) is 6. The first-order valence-corrected chi connectivity index (χ1v) is 13.4. The molecule has 3 rings (SSSR count). The van der Waals surface area contributed by atoms with Crippen molar-refractivity contribution in [3.8, 4) is 5.75 Å². The molecule has 1 aromatic heterocycles. The molecule has 1 fully saturated rings. The predicted octanol–water partition coefficient (Wildman–Crippen LogP) is -0.508. The lowest BCUT2D eigenvalue weighted by atomic mass is 9.84. The van der Waals surface area contributed by atoms with E-state index >= 15 is 0 Å². The van der Waals surface area contributed by atoms with Crippen LogP contribution in [0.3, 0.4) is 0 Å². The molecule has 17 nitrogen and oxygen atoms in total. The van der Waals surface area contributed by atoms with Gasteiger partial charge in [0.25, 0.3) is 11.8 Å². The van der Waals surface area contributed by atoms with E-state index in [2.05, 4.69) is 19.7 Å². The molecule has 1 saturated heterocycles. The molecule has 0 bridgehead atoms. The highest BCUT2D eigenvalue weighted by Gasteiger charge is 2.58. The van der Waals surface area contributed by atoms with Crippen molar-refractivity contribution in [2.24, 2.45) is 10.9 Å². The fourth-order valence-electron chi connectivity index (χ4n) is 3.39. The van der Waals surface area contributed by atoms with Crippen LogP contribution in [0.4, 0.5) is 5.13 Å². The maximum Gasteiger partial charge on any atom is 0.418 e. The Kier molecular flexibility index (Phi) is 8.93. The van der Waals surface area contributed by atoms with Gasteiger partial charge in [0.2, 0.25) is 0 Å². The molecule has 0 aliphatic carbocycles. The highest BCUT2D eigenvalue weighted by Crippen LogP contribution is 2.33. The summed E-state index contributed by atoms with van der Waals surface area (Å²) in [6.45, 7) is 2.42. The molecule has 2 aromatic rings. The lowest BCUT2D eigenvalue weighted by Crippen LogP contribution is -2.76. The van der Waals surface area contributed by atoms with Gasteiger partial charge < -0.3 is 31.5 Å². The smallest absolute Gasteiger partial charge is 0.418 e. The predicted molar refractivity (Wildman–Crippen MR) is 139 cm³/mol. The maximum atomic E-state index is 13.1. The van der Waals surface area contributed by atoms with Crippen molar-refractivity contribution in [1.29, 1.82) is 5.41 Å². The van der Waals surface area contributed by atoms with Crippen LogP contribution in [0.1, 0.15) is 31.5 Å². The van der Waals surface area contributed by atoms with Crippen molar-refractivity contribution in [2.75, 3.05) is 12.3 Å². The first kappa shape index (κ1) is 30.2. The Hall–Kier alpha value is -4.33. The van der Waals surface area contributed by atoms with Crippen LogP contribution in [0.5, 0.6) is 5.75 Å². The van der Waals surface area contributed by atoms with Crippen LogP contribution in [0.25, 0.3) is 0 Å². The van der Waals surface area contributed by atoms with Gasteiger partial charge in [-0.15, -0.1) is 15.6 Å². The zero-order valence-electron chi connectivity index (χ0n) is 20.9. The number of nitrogens with zero attached hydrogens (tertiary/aromatic N) is 3. The number of aliphatic carboxylic acids is 1. The Labute approximate surface area is 231 Å². The monoisotopic (exact) mass is 599 g/mol. The summed E-state index contributed by atoms with van der Waals surface area (Å²) in [7, 11) is -5.01. The Morgan fingerprint density at radius 1 is 1.32 bits per heavy atom. The topological polar surface area (TPSA) is 270 Å². The number of anilines is 1. The van der Waals surface area contributed by atoms with Crippen molar-refractivity contribution < 1.29 is 46.3 Å². The number of carbonyl (C=O) groups excluding carboxylic acids is 2. The van der Waals surface area contributed by atoms with Crippen molar-refractivity contribution in [1.82, 2.24) is 15.4 Å². The molecule has 1 unspecified atom stereocenters. The molecular weight excluding hydrogens is 574 g/mol. The van der Waals surface area contributed by atoms with Gasteiger partial charge >= 0.3 is 16.4 Å². The van der Waals surface area contributed by atoms with E-state index in [4.69, 9.17) is 31.0 Å². The normalized spacial score (nSPS) is 17.5. The van der Waals surface area contributed by atoms with E-state index in [1.807, 2.05) is 0 Å². The van der Waals surface area contributed by atoms with Gasteiger partial charge in [-0.2, -0.15) is 13.5 Å². The zero-order chi connectivity index (χ0) is 29.8. The average molecular weight is 600 g/mol. The highest BCUT2D eigenvalue weighted by atomic mass is 32.3. The minimum absolute atomic E-state index is 0.0505. The summed E-state index contributed by atoms with van der Waals surface area (Å²) in [4.78, 5) is 46.2.